The minimum absolute atomic E-state index is 0.118. The van der Waals surface area contributed by atoms with E-state index in [0.29, 0.717) is 5.69 Å². The maximum atomic E-state index is 12.8. The van der Waals surface area contributed by atoms with E-state index in [1.807, 2.05) is 32.6 Å². The van der Waals surface area contributed by atoms with Crippen molar-refractivity contribution >= 4 is 17.3 Å². The minimum atomic E-state index is -0.118. The lowest BCUT2D eigenvalue weighted by Gasteiger charge is -2.24. The summed E-state index contributed by atoms with van der Waals surface area (Å²) >= 11 is 0. The number of aryl methyl sites for hydroxylation is 2. The van der Waals surface area contributed by atoms with E-state index in [9.17, 15) is 4.79 Å². The van der Waals surface area contributed by atoms with E-state index in [-0.39, 0.29) is 11.9 Å². The molecular formula is C19H26N4O2. The van der Waals surface area contributed by atoms with Crippen molar-refractivity contribution in [2.75, 3.05) is 37.5 Å². The molecule has 0 bridgehead atoms. The number of amides is 1. The molecule has 3 rings (SSSR count). The summed E-state index contributed by atoms with van der Waals surface area (Å²) in [5.41, 5.74) is 4.70. The first kappa shape index (κ1) is 17.5. The number of benzene rings is 1. The summed E-state index contributed by atoms with van der Waals surface area (Å²) in [5, 5.41) is 7.46. The molecule has 134 valence electrons. The largest absolute Gasteiger partial charge is 0.381 e. The van der Waals surface area contributed by atoms with Gasteiger partial charge in [-0.3, -0.25) is 9.48 Å². The topological polar surface area (TPSA) is 59.4 Å². The van der Waals surface area contributed by atoms with E-state index in [1.54, 1.807) is 12.3 Å². The van der Waals surface area contributed by atoms with Crippen LogP contribution < -0.4 is 10.2 Å². The summed E-state index contributed by atoms with van der Waals surface area (Å²) in [5.74, 6) is -0.118. The molecule has 0 radical (unpaired) electrons. The fourth-order valence-electron chi connectivity index (χ4n) is 3.29. The van der Waals surface area contributed by atoms with Crippen molar-refractivity contribution in [1.82, 2.24) is 9.78 Å². The maximum Gasteiger partial charge on any atom is 0.273 e. The lowest BCUT2D eigenvalue weighted by molar-refractivity contribution is 0.0647. The van der Waals surface area contributed by atoms with Crippen LogP contribution in [0, 0.1) is 13.8 Å². The van der Waals surface area contributed by atoms with Gasteiger partial charge in [0, 0.05) is 44.9 Å². The predicted molar refractivity (Wildman–Crippen MR) is 99.5 cm³/mol. The van der Waals surface area contributed by atoms with Gasteiger partial charge in [-0.05, 0) is 56.0 Å². The van der Waals surface area contributed by atoms with Crippen molar-refractivity contribution in [2.24, 2.45) is 0 Å². The van der Waals surface area contributed by atoms with Crippen LogP contribution in [0.5, 0.6) is 0 Å². The number of nitrogens with zero attached hydrogens (tertiary/aromatic N) is 3. The summed E-state index contributed by atoms with van der Waals surface area (Å²) < 4.78 is 7.25. The number of rotatable bonds is 4. The normalized spacial score (nSPS) is 15.2. The number of ether oxygens (including phenoxy) is 1. The molecule has 0 atom stereocenters. The molecular weight excluding hydrogens is 316 g/mol. The van der Waals surface area contributed by atoms with Gasteiger partial charge in [-0.25, -0.2) is 0 Å². The van der Waals surface area contributed by atoms with E-state index < -0.39 is 0 Å². The Balaban J connectivity index is 1.83. The molecule has 1 aliphatic rings. The van der Waals surface area contributed by atoms with Crippen LogP contribution in [0.15, 0.2) is 24.4 Å². The Morgan fingerprint density at radius 3 is 2.48 bits per heavy atom. The SMILES string of the molecule is Cc1cc(N(C)C)cc(C)c1NC(=O)c1ccnn1C1CCOCC1. The number of hydrogen-bond donors (Lipinski definition) is 1. The first-order chi connectivity index (χ1) is 12.0. The van der Waals surface area contributed by atoms with Gasteiger partial charge in [-0.1, -0.05) is 0 Å². The molecule has 6 nitrogen and oxygen atoms in total. The number of anilines is 2. The van der Waals surface area contributed by atoms with Crippen molar-refractivity contribution in [2.45, 2.75) is 32.7 Å². The molecule has 0 unspecified atom stereocenters. The second-order valence-electron chi connectivity index (χ2n) is 6.81. The quantitative estimate of drug-likeness (QED) is 0.927. The molecule has 6 heteroatoms. The molecule has 0 spiro atoms. The van der Waals surface area contributed by atoms with Gasteiger partial charge in [0.1, 0.15) is 5.69 Å². The predicted octanol–water partition coefficient (Wildman–Crippen LogP) is 3.17. The van der Waals surface area contributed by atoms with E-state index in [2.05, 4.69) is 27.4 Å². The third kappa shape index (κ3) is 3.69. The van der Waals surface area contributed by atoms with Gasteiger partial charge in [0.2, 0.25) is 0 Å². The maximum absolute atomic E-state index is 12.8. The molecule has 0 aliphatic carbocycles. The van der Waals surface area contributed by atoms with E-state index in [1.165, 1.54) is 0 Å². The monoisotopic (exact) mass is 342 g/mol. The fourth-order valence-corrected chi connectivity index (χ4v) is 3.29. The molecule has 2 heterocycles. The zero-order valence-corrected chi connectivity index (χ0v) is 15.4. The molecule has 0 saturated carbocycles. The first-order valence-corrected chi connectivity index (χ1v) is 8.68. The Hall–Kier alpha value is -2.34. The van der Waals surface area contributed by atoms with Gasteiger partial charge in [0.25, 0.3) is 5.91 Å². The summed E-state index contributed by atoms with van der Waals surface area (Å²) in [6.45, 7) is 5.47. The van der Waals surface area contributed by atoms with Crippen LogP contribution in [0.4, 0.5) is 11.4 Å². The molecule has 2 aromatic rings. The Kier molecular flexibility index (Phi) is 5.08. The summed E-state index contributed by atoms with van der Waals surface area (Å²) in [6, 6.07) is 6.17. The van der Waals surface area contributed by atoms with Crippen LogP contribution in [-0.2, 0) is 4.74 Å². The summed E-state index contributed by atoms with van der Waals surface area (Å²) in [4.78, 5) is 14.9. The van der Waals surface area contributed by atoms with E-state index >= 15 is 0 Å². The standard InChI is InChI=1S/C19H26N4O2/c1-13-11-16(22(3)4)12-14(2)18(13)21-19(24)17-5-8-20-23(17)15-6-9-25-10-7-15/h5,8,11-12,15H,6-7,9-10H2,1-4H3,(H,21,24). The van der Waals surface area contributed by atoms with Crippen LogP contribution in [0.3, 0.4) is 0 Å². The molecule has 1 N–H and O–H groups in total. The average molecular weight is 342 g/mol. The van der Waals surface area contributed by atoms with Crippen LogP contribution >= 0.6 is 0 Å². The van der Waals surface area contributed by atoms with Crippen LogP contribution in [-0.4, -0.2) is 43.0 Å². The van der Waals surface area contributed by atoms with Crippen LogP contribution in [0.2, 0.25) is 0 Å². The second kappa shape index (κ2) is 7.27. The molecule has 1 aliphatic heterocycles. The molecule has 1 aromatic carbocycles. The molecule has 1 amide bonds. The minimum Gasteiger partial charge on any atom is -0.381 e. The van der Waals surface area contributed by atoms with E-state index in [4.69, 9.17) is 4.74 Å². The highest BCUT2D eigenvalue weighted by atomic mass is 16.5. The smallest absolute Gasteiger partial charge is 0.273 e. The summed E-state index contributed by atoms with van der Waals surface area (Å²) in [6.07, 6.45) is 3.47. The number of carbonyl (C=O) groups excluding carboxylic acids is 1. The summed E-state index contributed by atoms with van der Waals surface area (Å²) in [7, 11) is 4.03. The lowest BCUT2D eigenvalue weighted by Crippen LogP contribution is -2.26. The van der Waals surface area contributed by atoms with E-state index in [0.717, 1.165) is 48.6 Å². The molecule has 1 saturated heterocycles. The van der Waals surface area contributed by atoms with Gasteiger partial charge in [0.05, 0.1) is 6.04 Å². The average Bonchev–Trinajstić information content (AvgIpc) is 3.08. The number of hydrogen-bond acceptors (Lipinski definition) is 4. The third-order valence-corrected chi connectivity index (χ3v) is 4.71. The van der Waals surface area contributed by atoms with Gasteiger partial charge >= 0.3 is 0 Å². The Labute approximate surface area is 148 Å². The van der Waals surface area contributed by atoms with Gasteiger partial charge < -0.3 is 15.0 Å². The Bertz CT molecular complexity index is 738. The van der Waals surface area contributed by atoms with Gasteiger partial charge in [0.15, 0.2) is 0 Å². The van der Waals surface area contributed by atoms with Crippen molar-refractivity contribution in [3.8, 4) is 0 Å². The van der Waals surface area contributed by atoms with Crippen LogP contribution in [0.25, 0.3) is 0 Å². The second-order valence-corrected chi connectivity index (χ2v) is 6.81. The lowest BCUT2D eigenvalue weighted by atomic mass is 10.1. The highest BCUT2D eigenvalue weighted by molar-refractivity contribution is 6.04. The third-order valence-electron chi connectivity index (χ3n) is 4.71. The zero-order chi connectivity index (χ0) is 18.0. The highest BCUT2D eigenvalue weighted by Crippen LogP contribution is 2.27. The van der Waals surface area contributed by atoms with Crippen molar-refractivity contribution in [3.05, 3.63) is 41.2 Å². The Morgan fingerprint density at radius 1 is 1.24 bits per heavy atom. The Morgan fingerprint density at radius 2 is 1.88 bits per heavy atom. The highest BCUT2D eigenvalue weighted by Gasteiger charge is 2.22. The first-order valence-electron chi connectivity index (χ1n) is 8.68. The van der Waals surface area contributed by atoms with Crippen LogP contribution in [0.1, 0.15) is 40.5 Å². The number of carbonyl (C=O) groups is 1. The number of aromatic nitrogens is 2. The molecule has 1 aromatic heterocycles. The zero-order valence-electron chi connectivity index (χ0n) is 15.4. The number of nitrogens with one attached hydrogen (secondary N) is 1. The molecule has 1 fully saturated rings. The van der Waals surface area contributed by atoms with Crippen molar-refractivity contribution in [1.29, 1.82) is 0 Å². The van der Waals surface area contributed by atoms with Gasteiger partial charge in [-0.15, -0.1) is 0 Å². The molecule has 25 heavy (non-hydrogen) atoms. The fraction of sp³-hybridized carbons (Fsp3) is 0.474. The van der Waals surface area contributed by atoms with Gasteiger partial charge in [-0.2, -0.15) is 5.10 Å². The van der Waals surface area contributed by atoms with Crippen molar-refractivity contribution < 1.29 is 9.53 Å². The van der Waals surface area contributed by atoms with Crippen molar-refractivity contribution in [3.63, 3.8) is 0 Å².